The molecule has 0 aliphatic heterocycles. The van der Waals surface area contributed by atoms with E-state index in [2.05, 4.69) is 5.32 Å². The van der Waals surface area contributed by atoms with E-state index in [1.165, 1.54) is 30.9 Å². The number of nitrogens with one attached hydrogen (secondary N) is 1. The predicted octanol–water partition coefficient (Wildman–Crippen LogP) is 2.98. The molecule has 0 spiro atoms. The molecule has 1 aromatic rings. The Morgan fingerprint density at radius 3 is 2.40 bits per heavy atom. The summed E-state index contributed by atoms with van der Waals surface area (Å²) in [6.45, 7) is 2.26. The van der Waals surface area contributed by atoms with Crippen LogP contribution in [0, 0.1) is 5.41 Å². The molecule has 0 fully saturated rings. The number of amides is 2. The van der Waals surface area contributed by atoms with Crippen LogP contribution in [-0.2, 0) is 4.79 Å². The topological polar surface area (TPSA) is 49.4 Å². The lowest BCUT2D eigenvalue weighted by atomic mass is 9.94. The van der Waals surface area contributed by atoms with Gasteiger partial charge in [0.15, 0.2) is 0 Å². The number of anilines is 1. The molecule has 0 aliphatic rings. The van der Waals surface area contributed by atoms with Crippen molar-refractivity contribution in [2.45, 2.75) is 13.8 Å². The molecule has 0 heterocycles. The van der Waals surface area contributed by atoms with Crippen molar-refractivity contribution < 1.29 is 14.0 Å². The lowest BCUT2D eigenvalue weighted by Crippen LogP contribution is -2.32. The van der Waals surface area contributed by atoms with Gasteiger partial charge in [0, 0.05) is 19.8 Å². The Hall–Kier alpha value is -1.62. The first-order chi connectivity index (χ1) is 9.19. The predicted molar refractivity (Wildman–Crippen MR) is 77.9 cm³/mol. The standard InChI is InChI=1S/C14H18ClFN2O2/c1-14(2,8-16)13(20)17-9-5-6-10(11(15)7-9)12(19)18(3)4/h5-7H,8H2,1-4H3,(H,17,20). The normalized spacial score (nSPS) is 11.1. The molecule has 0 atom stereocenters. The highest BCUT2D eigenvalue weighted by Crippen LogP contribution is 2.24. The third kappa shape index (κ3) is 3.70. The Morgan fingerprint density at radius 2 is 1.95 bits per heavy atom. The maximum absolute atomic E-state index is 12.7. The second kappa shape index (κ2) is 6.22. The van der Waals surface area contributed by atoms with E-state index in [1.807, 2.05) is 0 Å². The molecule has 0 aromatic heterocycles. The van der Waals surface area contributed by atoms with Crippen molar-refractivity contribution in [3.05, 3.63) is 28.8 Å². The average molecular weight is 301 g/mol. The van der Waals surface area contributed by atoms with Crippen molar-refractivity contribution >= 4 is 29.1 Å². The molecule has 110 valence electrons. The third-order valence-corrected chi connectivity index (χ3v) is 3.13. The molecule has 0 aliphatic carbocycles. The van der Waals surface area contributed by atoms with Gasteiger partial charge in [-0.05, 0) is 32.0 Å². The molecule has 20 heavy (non-hydrogen) atoms. The largest absolute Gasteiger partial charge is 0.345 e. The lowest BCUT2D eigenvalue weighted by molar-refractivity contribution is -0.124. The van der Waals surface area contributed by atoms with Crippen LogP contribution in [-0.4, -0.2) is 37.5 Å². The highest BCUT2D eigenvalue weighted by Gasteiger charge is 2.27. The van der Waals surface area contributed by atoms with Gasteiger partial charge in [0.05, 0.1) is 16.0 Å². The first-order valence-corrected chi connectivity index (χ1v) is 6.45. The van der Waals surface area contributed by atoms with E-state index >= 15 is 0 Å². The van der Waals surface area contributed by atoms with Crippen LogP contribution in [0.3, 0.4) is 0 Å². The molecule has 2 amide bonds. The maximum Gasteiger partial charge on any atom is 0.254 e. The monoisotopic (exact) mass is 300 g/mol. The van der Waals surface area contributed by atoms with E-state index in [4.69, 9.17) is 11.6 Å². The van der Waals surface area contributed by atoms with E-state index in [1.54, 1.807) is 20.2 Å². The van der Waals surface area contributed by atoms with Gasteiger partial charge in [-0.1, -0.05) is 11.6 Å². The number of hydrogen-bond acceptors (Lipinski definition) is 2. The van der Waals surface area contributed by atoms with Gasteiger partial charge >= 0.3 is 0 Å². The molecular weight excluding hydrogens is 283 g/mol. The Balaban J connectivity index is 2.94. The minimum atomic E-state index is -1.11. The summed E-state index contributed by atoms with van der Waals surface area (Å²) in [4.78, 5) is 25.1. The molecule has 0 unspecified atom stereocenters. The smallest absolute Gasteiger partial charge is 0.254 e. The molecule has 4 nitrogen and oxygen atoms in total. The summed E-state index contributed by atoms with van der Waals surface area (Å²) in [5, 5.41) is 2.82. The highest BCUT2D eigenvalue weighted by atomic mass is 35.5. The summed E-state index contributed by atoms with van der Waals surface area (Å²) in [6, 6.07) is 4.57. The maximum atomic E-state index is 12.7. The SMILES string of the molecule is CN(C)C(=O)c1ccc(NC(=O)C(C)(C)CF)cc1Cl. The van der Waals surface area contributed by atoms with Crippen LogP contribution < -0.4 is 5.32 Å². The van der Waals surface area contributed by atoms with Crippen LogP contribution in [0.5, 0.6) is 0 Å². The number of benzene rings is 1. The number of nitrogens with zero attached hydrogens (tertiary/aromatic N) is 1. The fourth-order valence-corrected chi connectivity index (χ4v) is 1.63. The quantitative estimate of drug-likeness (QED) is 0.929. The van der Waals surface area contributed by atoms with Crippen molar-refractivity contribution in [1.82, 2.24) is 4.90 Å². The fourth-order valence-electron chi connectivity index (χ4n) is 1.37. The van der Waals surface area contributed by atoms with Crippen LogP contribution in [0.4, 0.5) is 10.1 Å². The zero-order chi connectivity index (χ0) is 15.5. The van der Waals surface area contributed by atoms with E-state index in [0.29, 0.717) is 11.3 Å². The van der Waals surface area contributed by atoms with Gasteiger partial charge in [0.1, 0.15) is 6.67 Å². The van der Waals surface area contributed by atoms with E-state index in [0.717, 1.165) is 0 Å². The molecule has 6 heteroatoms. The van der Waals surface area contributed by atoms with E-state index < -0.39 is 18.0 Å². The molecule has 1 rings (SSSR count). The second-order valence-corrected chi connectivity index (χ2v) is 5.77. The Kier molecular flexibility index (Phi) is 5.11. The van der Waals surface area contributed by atoms with Crippen molar-refractivity contribution in [2.75, 3.05) is 26.1 Å². The van der Waals surface area contributed by atoms with Crippen LogP contribution in [0.15, 0.2) is 18.2 Å². The number of carbonyl (C=O) groups is 2. The summed E-state index contributed by atoms with van der Waals surface area (Å²) in [5.41, 5.74) is -0.332. The molecule has 0 saturated heterocycles. The zero-order valence-corrected chi connectivity index (χ0v) is 12.7. The fraction of sp³-hybridized carbons (Fsp3) is 0.429. The Bertz CT molecular complexity index is 530. The van der Waals surface area contributed by atoms with E-state index in [9.17, 15) is 14.0 Å². The Labute approximate surface area is 122 Å². The first kappa shape index (κ1) is 16.4. The van der Waals surface area contributed by atoms with Gasteiger partial charge in [-0.25, -0.2) is 4.39 Å². The van der Waals surface area contributed by atoms with Crippen LogP contribution in [0.25, 0.3) is 0 Å². The number of alkyl halides is 1. The number of halogens is 2. The molecule has 0 bridgehead atoms. The number of hydrogen-bond donors (Lipinski definition) is 1. The average Bonchev–Trinajstić information content (AvgIpc) is 2.37. The van der Waals surface area contributed by atoms with Crippen molar-refractivity contribution in [3.63, 3.8) is 0 Å². The molecule has 0 radical (unpaired) electrons. The highest BCUT2D eigenvalue weighted by molar-refractivity contribution is 6.34. The van der Waals surface area contributed by atoms with Gasteiger partial charge in [-0.2, -0.15) is 0 Å². The Morgan fingerprint density at radius 1 is 1.35 bits per heavy atom. The van der Waals surface area contributed by atoms with Gasteiger partial charge < -0.3 is 10.2 Å². The molecule has 0 saturated carbocycles. The summed E-state index contributed by atoms with van der Waals surface area (Å²) >= 11 is 6.03. The summed E-state index contributed by atoms with van der Waals surface area (Å²) in [6.07, 6.45) is 0. The van der Waals surface area contributed by atoms with Gasteiger partial charge in [0.2, 0.25) is 5.91 Å². The van der Waals surface area contributed by atoms with Crippen molar-refractivity contribution in [1.29, 1.82) is 0 Å². The first-order valence-electron chi connectivity index (χ1n) is 6.07. The number of carbonyl (C=O) groups excluding carboxylic acids is 2. The minimum Gasteiger partial charge on any atom is -0.345 e. The molecule has 1 N–H and O–H groups in total. The lowest BCUT2D eigenvalue weighted by Gasteiger charge is -2.20. The summed E-state index contributed by atoms with van der Waals surface area (Å²) < 4.78 is 12.7. The second-order valence-electron chi connectivity index (χ2n) is 5.37. The van der Waals surface area contributed by atoms with Gasteiger partial charge in [0.25, 0.3) is 5.91 Å². The summed E-state index contributed by atoms with van der Waals surface area (Å²) in [5.74, 6) is -0.667. The van der Waals surface area contributed by atoms with Crippen LogP contribution >= 0.6 is 11.6 Å². The molecular formula is C14H18ClFN2O2. The van der Waals surface area contributed by atoms with Crippen molar-refractivity contribution in [2.24, 2.45) is 5.41 Å². The van der Waals surface area contributed by atoms with Gasteiger partial charge in [-0.3, -0.25) is 9.59 Å². The van der Waals surface area contributed by atoms with Crippen molar-refractivity contribution in [3.8, 4) is 0 Å². The number of rotatable bonds is 4. The van der Waals surface area contributed by atoms with E-state index in [-0.39, 0.29) is 10.9 Å². The molecule has 1 aromatic carbocycles. The van der Waals surface area contributed by atoms with Crippen LogP contribution in [0.1, 0.15) is 24.2 Å². The third-order valence-electron chi connectivity index (χ3n) is 2.81. The minimum absolute atomic E-state index is 0.225. The van der Waals surface area contributed by atoms with Crippen LogP contribution in [0.2, 0.25) is 5.02 Å². The summed E-state index contributed by atoms with van der Waals surface area (Å²) in [7, 11) is 3.25. The van der Waals surface area contributed by atoms with Gasteiger partial charge in [-0.15, -0.1) is 0 Å². The zero-order valence-electron chi connectivity index (χ0n) is 12.0.